The number of anilines is 2. The van der Waals surface area contributed by atoms with Crippen molar-refractivity contribution in [1.29, 1.82) is 0 Å². The molecule has 3 rings (SSSR count). The van der Waals surface area contributed by atoms with Crippen molar-refractivity contribution in [3.05, 3.63) is 23.8 Å². The van der Waals surface area contributed by atoms with E-state index in [1.165, 1.54) is 0 Å². The number of morpholine rings is 1. The third kappa shape index (κ3) is 2.41. The fraction of sp³-hybridized carbons (Fsp3) is 0.385. The van der Waals surface area contributed by atoms with Crippen molar-refractivity contribution >= 4 is 22.2 Å². The lowest BCUT2D eigenvalue weighted by Crippen LogP contribution is -2.36. The molecule has 1 aromatic heterocycles. The predicted molar refractivity (Wildman–Crippen MR) is 77.5 cm³/mol. The highest BCUT2D eigenvalue weighted by Crippen LogP contribution is 2.32. The number of rotatable bonds is 2. The molecule has 0 saturated carbocycles. The number of ether oxygens (including phenoxy) is 1. The largest absolute Gasteiger partial charge is 0.398 e. The molecule has 0 amide bonds. The van der Waals surface area contributed by atoms with Crippen molar-refractivity contribution < 1.29 is 4.74 Å². The third-order valence-electron chi connectivity index (χ3n) is 3.30. The molecule has 0 aliphatic carbocycles. The predicted octanol–water partition coefficient (Wildman–Crippen LogP) is 1.93. The average molecular weight is 276 g/mol. The van der Waals surface area contributed by atoms with E-state index in [9.17, 15) is 0 Å². The molecule has 1 aliphatic rings. The first-order chi connectivity index (χ1) is 9.25. The average Bonchev–Trinajstić information content (AvgIpc) is 2.92. The summed E-state index contributed by atoms with van der Waals surface area (Å²) in [5.41, 5.74) is 8.86. The maximum Gasteiger partial charge on any atom is 0.208 e. The molecule has 0 radical (unpaired) electrons. The van der Waals surface area contributed by atoms with Gasteiger partial charge in [-0.05, 0) is 18.6 Å². The Hall–Kier alpha value is -1.66. The Morgan fingerprint density at radius 2 is 2.05 bits per heavy atom. The Morgan fingerprint density at radius 1 is 1.26 bits per heavy atom. The van der Waals surface area contributed by atoms with E-state index >= 15 is 0 Å². The molecule has 2 aromatic rings. The van der Waals surface area contributed by atoms with Gasteiger partial charge >= 0.3 is 0 Å². The van der Waals surface area contributed by atoms with Gasteiger partial charge in [0.2, 0.25) is 5.13 Å². The molecule has 2 N–H and O–H groups in total. The third-order valence-corrected chi connectivity index (χ3v) is 4.32. The summed E-state index contributed by atoms with van der Waals surface area (Å²) < 4.78 is 5.35. The number of hydrogen-bond acceptors (Lipinski definition) is 6. The van der Waals surface area contributed by atoms with E-state index in [1.807, 2.05) is 25.1 Å². The molecule has 1 fully saturated rings. The second kappa shape index (κ2) is 5.14. The number of nitrogens with zero attached hydrogens (tertiary/aromatic N) is 3. The van der Waals surface area contributed by atoms with E-state index in [0.717, 1.165) is 53.3 Å². The molecular weight excluding hydrogens is 260 g/mol. The van der Waals surface area contributed by atoms with Gasteiger partial charge in [0.1, 0.15) is 5.01 Å². The first-order valence-corrected chi connectivity index (χ1v) is 7.09. The van der Waals surface area contributed by atoms with Crippen molar-refractivity contribution in [1.82, 2.24) is 10.2 Å². The lowest BCUT2D eigenvalue weighted by atomic mass is 10.1. The quantitative estimate of drug-likeness (QED) is 0.849. The van der Waals surface area contributed by atoms with Crippen molar-refractivity contribution in [2.45, 2.75) is 6.92 Å². The molecule has 1 aromatic carbocycles. The fourth-order valence-corrected chi connectivity index (χ4v) is 3.07. The highest BCUT2D eigenvalue weighted by molar-refractivity contribution is 7.18. The second-order valence-corrected chi connectivity index (χ2v) is 5.46. The minimum atomic E-state index is 0.756. The molecule has 100 valence electrons. The monoisotopic (exact) mass is 276 g/mol. The fourth-order valence-electron chi connectivity index (χ4n) is 2.09. The first kappa shape index (κ1) is 12.4. The molecule has 1 saturated heterocycles. The van der Waals surface area contributed by atoms with Gasteiger partial charge in [-0.2, -0.15) is 0 Å². The maximum atomic E-state index is 5.94. The molecule has 0 atom stereocenters. The van der Waals surface area contributed by atoms with Gasteiger partial charge < -0.3 is 15.4 Å². The molecule has 0 spiro atoms. The van der Waals surface area contributed by atoms with Gasteiger partial charge in [0.15, 0.2) is 0 Å². The van der Waals surface area contributed by atoms with Crippen LogP contribution in [0.15, 0.2) is 18.2 Å². The van der Waals surface area contributed by atoms with Crippen LogP contribution < -0.4 is 10.6 Å². The second-order valence-electron chi connectivity index (χ2n) is 4.51. The Balaban J connectivity index is 1.90. The Bertz CT molecular complexity index is 578. The Morgan fingerprint density at radius 3 is 2.84 bits per heavy atom. The molecule has 6 heteroatoms. The summed E-state index contributed by atoms with van der Waals surface area (Å²) >= 11 is 1.61. The van der Waals surface area contributed by atoms with Crippen LogP contribution in [0.25, 0.3) is 10.6 Å². The zero-order valence-corrected chi connectivity index (χ0v) is 11.6. The number of aromatic nitrogens is 2. The standard InChI is InChI=1S/C13H16N4OS/c1-9-10(3-2-4-11(9)14)12-15-16-13(19-12)17-5-7-18-8-6-17/h2-4H,5-8,14H2,1H3. The van der Waals surface area contributed by atoms with Crippen LogP contribution in [0.4, 0.5) is 10.8 Å². The summed E-state index contributed by atoms with van der Waals surface area (Å²) in [6.07, 6.45) is 0. The van der Waals surface area contributed by atoms with Gasteiger partial charge in [0, 0.05) is 24.3 Å². The van der Waals surface area contributed by atoms with Gasteiger partial charge in [-0.1, -0.05) is 23.5 Å². The summed E-state index contributed by atoms with van der Waals surface area (Å²) in [5, 5.41) is 10.5. The number of nitrogen functional groups attached to an aromatic ring is 1. The van der Waals surface area contributed by atoms with E-state index < -0.39 is 0 Å². The Kier molecular flexibility index (Phi) is 3.35. The van der Waals surface area contributed by atoms with Gasteiger partial charge in [0.05, 0.1) is 13.2 Å². The molecule has 1 aliphatic heterocycles. The van der Waals surface area contributed by atoms with E-state index in [0.29, 0.717) is 0 Å². The van der Waals surface area contributed by atoms with Crippen LogP contribution in [0.3, 0.4) is 0 Å². The van der Waals surface area contributed by atoms with E-state index in [-0.39, 0.29) is 0 Å². The summed E-state index contributed by atoms with van der Waals surface area (Å²) in [6.45, 7) is 5.29. The van der Waals surface area contributed by atoms with Gasteiger partial charge in [-0.3, -0.25) is 0 Å². The van der Waals surface area contributed by atoms with Crippen LogP contribution in [0.5, 0.6) is 0 Å². The minimum Gasteiger partial charge on any atom is -0.398 e. The van der Waals surface area contributed by atoms with Crippen LogP contribution in [0, 0.1) is 6.92 Å². The summed E-state index contributed by atoms with van der Waals surface area (Å²) in [6, 6.07) is 5.89. The maximum absolute atomic E-state index is 5.94. The van der Waals surface area contributed by atoms with Crippen molar-refractivity contribution in [3.63, 3.8) is 0 Å². The molecule has 0 unspecified atom stereocenters. The van der Waals surface area contributed by atoms with Crippen molar-refractivity contribution in [2.75, 3.05) is 36.9 Å². The SMILES string of the molecule is Cc1c(N)cccc1-c1nnc(N2CCOCC2)s1. The minimum absolute atomic E-state index is 0.756. The summed E-state index contributed by atoms with van der Waals surface area (Å²) in [7, 11) is 0. The van der Waals surface area contributed by atoms with E-state index in [4.69, 9.17) is 10.5 Å². The van der Waals surface area contributed by atoms with Gasteiger partial charge in [-0.15, -0.1) is 10.2 Å². The highest BCUT2D eigenvalue weighted by Gasteiger charge is 2.17. The molecule has 19 heavy (non-hydrogen) atoms. The van der Waals surface area contributed by atoms with Crippen LogP contribution in [-0.2, 0) is 4.74 Å². The summed E-state index contributed by atoms with van der Waals surface area (Å²) in [4.78, 5) is 2.21. The highest BCUT2D eigenvalue weighted by atomic mass is 32.1. The number of hydrogen-bond donors (Lipinski definition) is 1. The first-order valence-electron chi connectivity index (χ1n) is 6.27. The molecule has 2 heterocycles. The zero-order valence-electron chi connectivity index (χ0n) is 10.8. The normalized spacial score (nSPS) is 15.7. The van der Waals surface area contributed by atoms with Gasteiger partial charge in [0.25, 0.3) is 0 Å². The zero-order chi connectivity index (χ0) is 13.2. The lowest BCUT2D eigenvalue weighted by molar-refractivity contribution is 0.122. The van der Waals surface area contributed by atoms with Crippen LogP contribution in [0.2, 0.25) is 0 Å². The topological polar surface area (TPSA) is 64.3 Å². The van der Waals surface area contributed by atoms with E-state index in [2.05, 4.69) is 15.1 Å². The van der Waals surface area contributed by atoms with Crippen molar-refractivity contribution in [3.8, 4) is 10.6 Å². The lowest BCUT2D eigenvalue weighted by Gasteiger charge is -2.25. The van der Waals surface area contributed by atoms with Crippen molar-refractivity contribution in [2.24, 2.45) is 0 Å². The van der Waals surface area contributed by atoms with Crippen LogP contribution in [-0.4, -0.2) is 36.5 Å². The molecule has 5 nitrogen and oxygen atoms in total. The Labute approximate surface area is 116 Å². The van der Waals surface area contributed by atoms with Crippen LogP contribution in [0.1, 0.15) is 5.56 Å². The molecular formula is C13H16N4OS. The number of benzene rings is 1. The smallest absolute Gasteiger partial charge is 0.208 e. The number of nitrogens with two attached hydrogens (primary N) is 1. The van der Waals surface area contributed by atoms with E-state index in [1.54, 1.807) is 11.3 Å². The molecule has 0 bridgehead atoms. The van der Waals surface area contributed by atoms with Gasteiger partial charge in [-0.25, -0.2) is 0 Å². The van der Waals surface area contributed by atoms with Crippen LogP contribution >= 0.6 is 11.3 Å². The summed E-state index contributed by atoms with van der Waals surface area (Å²) in [5.74, 6) is 0.